The highest BCUT2D eigenvalue weighted by atomic mass is 32.2. The van der Waals surface area contributed by atoms with E-state index in [1.54, 1.807) is 47.4 Å². The summed E-state index contributed by atoms with van der Waals surface area (Å²) in [5.74, 6) is -0.321. The Morgan fingerprint density at radius 1 is 1.26 bits per heavy atom. The monoisotopic (exact) mass is 395 g/mol. The molecule has 0 bridgehead atoms. The molecule has 0 fully saturated rings. The summed E-state index contributed by atoms with van der Waals surface area (Å²) in [6.45, 7) is 1.87. The number of ether oxygens (including phenoxy) is 1. The molecular weight excluding hydrogens is 382 g/mol. The van der Waals surface area contributed by atoms with Gasteiger partial charge >= 0.3 is 5.97 Å². The molecule has 2 aliphatic heterocycles. The maximum absolute atomic E-state index is 12.3. The molecular formula is C19H13N3O3S2. The molecule has 0 unspecified atom stereocenters. The van der Waals surface area contributed by atoms with Crippen molar-refractivity contribution >= 4 is 52.1 Å². The van der Waals surface area contributed by atoms with Crippen LogP contribution in [0.5, 0.6) is 5.75 Å². The van der Waals surface area contributed by atoms with Gasteiger partial charge in [0, 0.05) is 5.70 Å². The van der Waals surface area contributed by atoms with Gasteiger partial charge in [0.15, 0.2) is 5.17 Å². The number of rotatable bonds is 3. The highest BCUT2D eigenvalue weighted by molar-refractivity contribution is 8.16. The summed E-state index contributed by atoms with van der Waals surface area (Å²) in [5, 5.41) is 12.5. The lowest BCUT2D eigenvalue weighted by atomic mass is 10.1. The fraction of sp³-hybridized carbons (Fsp3) is 0.0526. The van der Waals surface area contributed by atoms with E-state index in [-0.39, 0.29) is 11.4 Å². The lowest BCUT2D eigenvalue weighted by Crippen LogP contribution is -2.37. The summed E-state index contributed by atoms with van der Waals surface area (Å²) in [6, 6.07) is 10.3. The number of fused-ring (bicyclic) bond motifs is 1. The number of amidine groups is 2. The Balaban J connectivity index is 1.54. The van der Waals surface area contributed by atoms with Crippen molar-refractivity contribution in [2.24, 2.45) is 4.99 Å². The number of thiophene rings is 1. The molecule has 4 rings (SSSR count). The van der Waals surface area contributed by atoms with Gasteiger partial charge in [-0.3, -0.25) is 15.1 Å². The van der Waals surface area contributed by atoms with Gasteiger partial charge in [-0.1, -0.05) is 30.0 Å². The van der Waals surface area contributed by atoms with Gasteiger partial charge in [-0.25, -0.2) is 4.79 Å². The largest absolute Gasteiger partial charge is 0.422 e. The molecule has 1 amide bonds. The number of allylic oxidation sites excluding steroid dienone is 1. The quantitative estimate of drug-likeness (QED) is 0.480. The van der Waals surface area contributed by atoms with Crippen LogP contribution in [0.3, 0.4) is 0 Å². The Morgan fingerprint density at radius 2 is 2.04 bits per heavy atom. The molecule has 3 heterocycles. The Hall–Kier alpha value is -2.97. The summed E-state index contributed by atoms with van der Waals surface area (Å²) in [4.78, 5) is 30.5. The highest BCUT2D eigenvalue weighted by Gasteiger charge is 2.33. The first-order valence-corrected chi connectivity index (χ1v) is 9.72. The molecule has 1 aromatic heterocycles. The zero-order valence-electron chi connectivity index (χ0n) is 14.1. The number of aliphatic imine (C=N–C) groups is 1. The second-order valence-electron chi connectivity index (χ2n) is 5.75. The van der Waals surface area contributed by atoms with Gasteiger partial charge in [0.1, 0.15) is 16.5 Å². The van der Waals surface area contributed by atoms with Crippen LogP contribution in [0.4, 0.5) is 0 Å². The number of nitrogens with one attached hydrogen (secondary N) is 1. The first kappa shape index (κ1) is 17.4. The molecule has 1 N–H and O–H groups in total. The van der Waals surface area contributed by atoms with E-state index in [1.165, 1.54) is 23.1 Å². The lowest BCUT2D eigenvalue weighted by Gasteiger charge is -2.25. The molecule has 0 saturated heterocycles. The predicted molar refractivity (Wildman–Crippen MR) is 107 cm³/mol. The third-order valence-corrected chi connectivity index (χ3v) is 5.70. The molecule has 27 heavy (non-hydrogen) atoms. The van der Waals surface area contributed by atoms with Crippen molar-refractivity contribution in [3.8, 4) is 5.75 Å². The summed E-state index contributed by atoms with van der Waals surface area (Å²) in [5.41, 5.74) is 1.79. The molecule has 0 saturated carbocycles. The molecule has 2 aromatic rings. The minimum Gasteiger partial charge on any atom is -0.422 e. The van der Waals surface area contributed by atoms with E-state index in [1.807, 2.05) is 17.7 Å². The fourth-order valence-electron chi connectivity index (χ4n) is 2.59. The zero-order valence-corrected chi connectivity index (χ0v) is 15.8. The number of carbonyl (C=O) groups is 2. The Morgan fingerprint density at radius 3 is 2.74 bits per heavy atom. The standard InChI is InChI=1S/C19H13N3O3S2/c1-11-10-27-19-21-17(23)14(16(20)22(11)19)9-12-4-6-13(7-5-12)25-18(24)15-3-2-8-26-15/h2-10,20H,1H3/b14-9-,20-16?. The third kappa shape index (κ3) is 3.36. The van der Waals surface area contributed by atoms with Crippen LogP contribution in [0.1, 0.15) is 22.2 Å². The lowest BCUT2D eigenvalue weighted by molar-refractivity contribution is -0.114. The SMILES string of the molecule is CC1=CSC2=NC(=O)/C(=C\c3ccc(OC(=O)c4cccs4)cc3)C(=N)N12. The van der Waals surface area contributed by atoms with E-state index in [0.29, 0.717) is 21.4 Å². The topological polar surface area (TPSA) is 82.8 Å². The smallest absolute Gasteiger partial charge is 0.353 e. The van der Waals surface area contributed by atoms with Crippen LogP contribution in [-0.2, 0) is 4.79 Å². The normalized spacial score (nSPS) is 17.7. The van der Waals surface area contributed by atoms with Crippen molar-refractivity contribution in [1.82, 2.24) is 4.90 Å². The predicted octanol–water partition coefficient (Wildman–Crippen LogP) is 4.13. The minimum atomic E-state index is -0.435. The second-order valence-corrected chi connectivity index (χ2v) is 7.54. The van der Waals surface area contributed by atoms with Gasteiger partial charge in [-0.15, -0.1) is 11.3 Å². The highest BCUT2D eigenvalue weighted by Crippen LogP contribution is 2.32. The molecule has 8 heteroatoms. The molecule has 0 spiro atoms. The number of thioether (sulfide) groups is 1. The molecule has 2 aliphatic rings. The number of benzene rings is 1. The maximum Gasteiger partial charge on any atom is 0.353 e. The van der Waals surface area contributed by atoms with E-state index in [9.17, 15) is 9.59 Å². The molecule has 6 nitrogen and oxygen atoms in total. The Kier molecular flexibility index (Phi) is 4.51. The van der Waals surface area contributed by atoms with E-state index in [0.717, 1.165) is 5.70 Å². The molecule has 0 aliphatic carbocycles. The third-order valence-electron chi connectivity index (χ3n) is 3.91. The van der Waals surface area contributed by atoms with Gasteiger partial charge in [-0.05, 0) is 47.6 Å². The Bertz CT molecular complexity index is 1030. The van der Waals surface area contributed by atoms with Crippen LogP contribution in [0, 0.1) is 5.41 Å². The number of carbonyl (C=O) groups excluding carboxylic acids is 2. The van der Waals surface area contributed by atoms with Crippen molar-refractivity contribution in [1.29, 1.82) is 5.41 Å². The van der Waals surface area contributed by atoms with Crippen molar-refractivity contribution in [2.45, 2.75) is 6.92 Å². The average Bonchev–Trinajstić information content (AvgIpc) is 3.30. The summed E-state index contributed by atoms with van der Waals surface area (Å²) in [6.07, 6.45) is 1.62. The first-order valence-electron chi connectivity index (χ1n) is 7.96. The van der Waals surface area contributed by atoms with E-state index >= 15 is 0 Å². The van der Waals surface area contributed by atoms with Crippen LogP contribution in [0.2, 0.25) is 0 Å². The number of hydrogen-bond donors (Lipinski definition) is 1. The summed E-state index contributed by atoms with van der Waals surface area (Å²) in [7, 11) is 0. The minimum absolute atomic E-state index is 0.108. The fourth-order valence-corrected chi connectivity index (χ4v) is 4.05. The maximum atomic E-state index is 12.3. The summed E-state index contributed by atoms with van der Waals surface area (Å²) >= 11 is 2.65. The Labute approximate surface area is 163 Å². The van der Waals surface area contributed by atoms with Crippen molar-refractivity contribution in [2.75, 3.05) is 0 Å². The van der Waals surface area contributed by atoms with Crippen LogP contribution in [-0.4, -0.2) is 27.8 Å². The van der Waals surface area contributed by atoms with Gasteiger partial charge in [0.2, 0.25) is 0 Å². The summed E-state index contributed by atoms with van der Waals surface area (Å²) < 4.78 is 5.32. The average molecular weight is 395 g/mol. The first-order chi connectivity index (χ1) is 13.0. The molecule has 1 aromatic carbocycles. The van der Waals surface area contributed by atoms with Crippen LogP contribution in [0.25, 0.3) is 6.08 Å². The molecule has 0 atom stereocenters. The molecule has 0 radical (unpaired) electrons. The number of amides is 1. The van der Waals surface area contributed by atoms with E-state index < -0.39 is 11.9 Å². The van der Waals surface area contributed by atoms with Crippen LogP contribution < -0.4 is 4.74 Å². The van der Waals surface area contributed by atoms with Gasteiger partial charge < -0.3 is 4.74 Å². The van der Waals surface area contributed by atoms with Gasteiger partial charge in [-0.2, -0.15) is 4.99 Å². The van der Waals surface area contributed by atoms with Crippen molar-refractivity contribution in [3.05, 3.63) is 68.9 Å². The van der Waals surface area contributed by atoms with Crippen molar-refractivity contribution in [3.63, 3.8) is 0 Å². The molecule has 134 valence electrons. The number of esters is 1. The van der Waals surface area contributed by atoms with Crippen molar-refractivity contribution < 1.29 is 14.3 Å². The van der Waals surface area contributed by atoms with E-state index in [4.69, 9.17) is 10.1 Å². The number of nitrogens with zero attached hydrogens (tertiary/aromatic N) is 2. The van der Waals surface area contributed by atoms with Gasteiger partial charge in [0.05, 0.1) is 5.57 Å². The van der Waals surface area contributed by atoms with Crippen LogP contribution in [0.15, 0.2) is 63.4 Å². The van der Waals surface area contributed by atoms with Crippen LogP contribution >= 0.6 is 23.1 Å². The second kappa shape index (κ2) is 6.98. The zero-order chi connectivity index (χ0) is 19.0. The van der Waals surface area contributed by atoms with E-state index in [2.05, 4.69) is 4.99 Å². The van der Waals surface area contributed by atoms with Gasteiger partial charge in [0.25, 0.3) is 5.91 Å². The number of hydrogen-bond acceptors (Lipinski definition) is 6.